The zero-order chi connectivity index (χ0) is 14.9. The Hall–Kier alpha value is -0.510. The van der Waals surface area contributed by atoms with Crippen molar-refractivity contribution < 1.29 is 0 Å². The number of hydrogen-bond donors (Lipinski definition) is 0. The molecule has 2 saturated carbocycles. The Morgan fingerprint density at radius 3 is 2.33 bits per heavy atom. The topological polar surface area (TPSA) is 23.8 Å². The van der Waals surface area contributed by atoms with E-state index in [1.807, 2.05) is 0 Å². The van der Waals surface area contributed by atoms with Gasteiger partial charge in [0.1, 0.15) is 0 Å². The molecule has 0 radical (unpaired) electrons. The minimum Gasteiger partial charge on any atom is -0.198 e. The molecule has 0 aromatic rings. The van der Waals surface area contributed by atoms with Crippen molar-refractivity contribution in [3.8, 4) is 6.07 Å². The Kier molecular flexibility index (Phi) is 7.62. The van der Waals surface area contributed by atoms with E-state index in [4.69, 9.17) is 5.26 Å². The average Bonchev–Trinajstić information content (AvgIpc) is 2.55. The van der Waals surface area contributed by atoms with Gasteiger partial charge in [0, 0.05) is 5.92 Å². The first-order valence-electron chi connectivity index (χ1n) is 9.73. The first-order chi connectivity index (χ1) is 10.3. The molecule has 0 bridgehead atoms. The normalized spacial score (nSPS) is 33.5. The highest BCUT2D eigenvalue weighted by Crippen LogP contribution is 2.42. The van der Waals surface area contributed by atoms with Crippen LogP contribution in [0.1, 0.15) is 96.8 Å². The Bertz CT molecular complexity index is 308. The summed E-state index contributed by atoms with van der Waals surface area (Å²) >= 11 is 0. The minimum absolute atomic E-state index is 0.375. The third kappa shape index (κ3) is 5.65. The van der Waals surface area contributed by atoms with Gasteiger partial charge in [-0.3, -0.25) is 0 Å². The van der Waals surface area contributed by atoms with Crippen LogP contribution < -0.4 is 0 Å². The van der Waals surface area contributed by atoms with Gasteiger partial charge in [-0.25, -0.2) is 0 Å². The van der Waals surface area contributed by atoms with Crippen LogP contribution in [0, 0.1) is 35.0 Å². The van der Waals surface area contributed by atoms with Crippen molar-refractivity contribution in [1.29, 1.82) is 5.26 Å². The van der Waals surface area contributed by atoms with E-state index in [1.54, 1.807) is 0 Å². The molecule has 0 aromatic heterocycles. The number of hydrogen-bond acceptors (Lipinski definition) is 1. The summed E-state index contributed by atoms with van der Waals surface area (Å²) in [4.78, 5) is 0. The summed E-state index contributed by atoms with van der Waals surface area (Å²) in [7, 11) is 0. The molecule has 0 unspecified atom stereocenters. The van der Waals surface area contributed by atoms with Gasteiger partial charge in [0.25, 0.3) is 0 Å². The van der Waals surface area contributed by atoms with Gasteiger partial charge >= 0.3 is 0 Å². The van der Waals surface area contributed by atoms with Gasteiger partial charge in [0.05, 0.1) is 6.07 Å². The molecule has 2 aliphatic rings. The predicted octanol–water partition coefficient (Wildman–Crippen LogP) is 6.48. The maximum atomic E-state index is 9.16. The van der Waals surface area contributed by atoms with Crippen LogP contribution in [0.15, 0.2) is 0 Å². The van der Waals surface area contributed by atoms with Crippen molar-refractivity contribution in [2.45, 2.75) is 96.8 Å². The van der Waals surface area contributed by atoms with Crippen LogP contribution in [-0.4, -0.2) is 0 Å². The van der Waals surface area contributed by atoms with Crippen LogP contribution in [0.25, 0.3) is 0 Å². The van der Waals surface area contributed by atoms with Crippen molar-refractivity contribution in [2.75, 3.05) is 0 Å². The molecule has 1 heteroatoms. The highest BCUT2D eigenvalue weighted by Gasteiger charge is 2.31. The van der Waals surface area contributed by atoms with Gasteiger partial charge in [-0.2, -0.15) is 5.26 Å². The number of unbranched alkanes of at least 4 members (excludes halogenated alkanes) is 4. The lowest BCUT2D eigenvalue weighted by molar-refractivity contribution is 0.149. The van der Waals surface area contributed by atoms with Gasteiger partial charge in [-0.15, -0.1) is 0 Å². The third-order valence-corrected chi connectivity index (χ3v) is 6.17. The monoisotopic (exact) mass is 289 g/mol. The highest BCUT2D eigenvalue weighted by atomic mass is 14.4. The molecule has 0 saturated heterocycles. The Balaban J connectivity index is 1.60. The Morgan fingerprint density at radius 1 is 0.857 bits per heavy atom. The van der Waals surface area contributed by atoms with Crippen LogP contribution in [0.5, 0.6) is 0 Å². The number of nitriles is 1. The molecule has 0 amide bonds. The number of nitrogens with zero attached hydrogens (tertiary/aromatic N) is 1. The summed E-state index contributed by atoms with van der Waals surface area (Å²) in [6.07, 6.45) is 19.6. The van der Waals surface area contributed by atoms with E-state index in [-0.39, 0.29) is 0 Å². The maximum absolute atomic E-state index is 9.16. The second-order valence-electron chi connectivity index (χ2n) is 7.74. The maximum Gasteiger partial charge on any atom is 0.0655 e. The molecule has 2 atom stereocenters. The summed E-state index contributed by atoms with van der Waals surface area (Å²) in [6, 6.07) is 2.53. The van der Waals surface area contributed by atoms with Crippen LogP contribution in [-0.2, 0) is 0 Å². The van der Waals surface area contributed by atoms with Gasteiger partial charge in [-0.05, 0) is 43.4 Å². The molecule has 21 heavy (non-hydrogen) atoms. The molecule has 2 fully saturated rings. The van der Waals surface area contributed by atoms with Gasteiger partial charge in [0.15, 0.2) is 0 Å². The summed E-state index contributed by atoms with van der Waals surface area (Å²) in [6.45, 7) is 2.30. The van der Waals surface area contributed by atoms with Crippen LogP contribution in [0.4, 0.5) is 0 Å². The molecule has 0 aromatic carbocycles. The summed E-state index contributed by atoms with van der Waals surface area (Å²) in [5, 5.41) is 9.16. The fourth-order valence-electron chi connectivity index (χ4n) is 4.76. The molecular weight excluding hydrogens is 254 g/mol. The third-order valence-electron chi connectivity index (χ3n) is 6.17. The van der Waals surface area contributed by atoms with E-state index in [0.29, 0.717) is 5.92 Å². The quantitative estimate of drug-likeness (QED) is 0.492. The Labute approximate surface area is 132 Å². The highest BCUT2D eigenvalue weighted by molar-refractivity contribution is 4.90. The minimum atomic E-state index is 0.375. The lowest BCUT2D eigenvalue weighted by Gasteiger charge is -2.37. The summed E-state index contributed by atoms with van der Waals surface area (Å²) in [5.41, 5.74) is 0. The largest absolute Gasteiger partial charge is 0.198 e. The smallest absolute Gasteiger partial charge is 0.0655 e. The van der Waals surface area contributed by atoms with E-state index in [9.17, 15) is 0 Å². The molecule has 0 N–H and O–H groups in total. The van der Waals surface area contributed by atoms with Crippen molar-refractivity contribution in [3.05, 3.63) is 0 Å². The molecule has 0 spiro atoms. The lowest BCUT2D eigenvalue weighted by atomic mass is 9.68. The van der Waals surface area contributed by atoms with Gasteiger partial charge in [0.2, 0.25) is 0 Å². The van der Waals surface area contributed by atoms with Gasteiger partial charge in [-0.1, -0.05) is 71.1 Å². The summed E-state index contributed by atoms with van der Waals surface area (Å²) in [5.74, 6) is 3.24. The first-order valence-corrected chi connectivity index (χ1v) is 9.73. The molecule has 2 rings (SSSR count). The summed E-state index contributed by atoms with van der Waals surface area (Å²) < 4.78 is 0. The molecule has 120 valence electrons. The molecule has 2 aliphatic carbocycles. The lowest BCUT2D eigenvalue weighted by Crippen LogP contribution is -2.26. The van der Waals surface area contributed by atoms with Crippen LogP contribution in [0.2, 0.25) is 0 Å². The second kappa shape index (κ2) is 9.50. The van der Waals surface area contributed by atoms with Crippen molar-refractivity contribution in [1.82, 2.24) is 0 Å². The first kappa shape index (κ1) is 16.9. The van der Waals surface area contributed by atoms with Gasteiger partial charge < -0.3 is 0 Å². The molecule has 0 aliphatic heterocycles. The van der Waals surface area contributed by atoms with E-state index in [0.717, 1.165) is 17.8 Å². The van der Waals surface area contributed by atoms with Crippen LogP contribution >= 0.6 is 0 Å². The zero-order valence-corrected chi connectivity index (χ0v) is 14.2. The molecular formula is C20H35N. The van der Waals surface area contributed by atoms with Crippen molar-refractivity contribution in [3.63, 3.8) is 0 Å². The second-order valence-corrected chi connectivity index (χ2v) is 7.74. The van der Waals surface area contributed by atoms with E-state index in [1.165, 1.54) is 89.9 Å². The number of rotatable bonds is 7. The SMILES string of the molecule is CCCCCCCC1CCC([C@@H]2CCC[C@@H](C#N)C2)CC1. The van der Waals surface area contributed by atoms with Crippen molar-refractivity contribution in [2.24, 2.45) is 23.7 Å². The fourth-order valence-corrected chi connectivity index (χ4v) is 4.76. The molecule has 0 heterocycles. The van der Waals surface area contributed by atoms with E-state index >= 15 is 0 Å². The zero-order valence-electron chi connectivity index (χ0n) is 14.2. The Morgan fingerprint density at radius 2 is 1.62 bits per heavy atom. The van der Waals surface area contributed by atoms with E-state index in [2.05, 4.69) is 13.0 Å². The predicted molar refractivity (Wildman–Crippen MR) is 89.9 cm³/mol. The average molecular weight is 290 g/mol. The standard InChI is InChI=1S/C20H35N/c1-2-3-4-5-6-8-17-11-13-19(14-12-17)20-10-7-9-18(15-20)16-21/h17-20H,2-15H2,1H3/t17?,18-,19?,20-/m1/s1. The fraction of sp³-hybridized carbons (Fsp3) is 0.950. The van der Waals surface area contributed by atoms with E-state index < -0.39 is 0 Å². The van der Waals surface area contributed by atoms with Crippen molar-refractivity contribution >= 4 is 0 Å². The van der Waals surface area contributed by atoms with Crippen LogP contribution in [0.3, 0.4) is 0 Å². The molecule has 1 nitrogen and oxygen atoms in total.